The van der Waals surface area contributed by atoms with E-state index in [1.807, 2.05) is 18.2 Å². The Kier molecular flexibility index (Phi) is 35.5. The summed E-state index contributed by atoms with van der Waals surface area (Å²) in [4.78, 5) is 25.4. The maximum Gasteiger partial charge on any atom is 0.306 e. The van der Waals surface area contributed by atoms with Crippen molar-refractivity contribution in [2.75, 3.05) is 19.0 Å². The van der Waals surface area contributed by atoms with Crippen LogP contribution in [0.2, 0.25) is 0 Å². The van der Waals surface area contributed by atoms with E-state index in [2.05, 4.69) is 68.5 Å². The molecule has 0 aromatic carbocycles. The highest BCUT2D eigenvalue weighted by Gasteiger charge is 2.46. The molecular weight excluding hydrogens is 813 g/mol. The third-order valence-electron chi connectivity index (χ3n) is 10.3. The molecule has 1 aliphatic rings. The fourth-order valence-electron chi connectivity index (χ4n) is 6.59. The van der Waals surface area contributed by atoms with Gasteiger partial charge in [-0.1, -0.05) is 151 Å². The molecule has 1 heterocycles. The Balaban J connectivity index is 2.52. The lowest BCUT2D eigenvalue weighted by atomic mass is 10.00. The number of hydrogen-bond donors (Lipinski definition) is 4. The summed E-state index contributed by atoms with van der Waals surface area (Å²) in [6.45, 7) is 3.65. The molecule has 356 valence electrons. The zero-order valence-corrected chi connectivity index (χ0v) is 38.8. The molecule has 0 bridgehead atoms. The first-order chi connectivity index (χ1) is 30.0. The first-order valence-electron chi connectivity index (χ1n) is 23.5. The number of allylic oxidation sites excluding steroid dienone is 12. The number of ether oxygens (including phenoxy) is 4. The van der Waals surface area contributed by atoms with Crippen molar-refractivity contribution >= 4 is 22.1 Å². The van der Waals surface area contributed by atoms with Crippen LogP contribution in [0.3, 0.4) is 0 Å². The summed E-state index contributed by atoms with van der Waals surface area (Å²) >= 11 is 0. The van der Waals surface area contributed by atoms with Crippen LogP contribution in [0.15, 0.2) is 72.9 Å². The number of esters is 2. The molecule has 62 heavy (non-hydrogen) atoms. The molecule has 0 aliphatic carbocycles. The Morgan fingerprint density at radius 2 is 0.968 bits per heavy atom. The van der Waals surface area contributed by atoms with Crippen LogP contribution in [0.1, 0.15) is 168 Å². The van der Waals surface area contributed by atoms with Gasteiger partial charge in [0.1, 0.15) is 36.8 Å². The standard InChI is InChI=1S/C49H82O12S/c1-3-5-7-9-11-13-15-17-19-21-23-25-27-29-31-33-35-37-44(50)58-39-42(40-59-49-48(54)47(53)46(52)43(61-49)41-62(55,56)57)60-45(51)38-36-34-32-30-28-26-24-22-20-18-16-14-12-10-8-6-4-2/h17-20,23-26,29-32,42-43,46-49,52-54H,3-16,21-22,27-28,33-41H2,1-2H3,(H,55,56,57)/b19-17+,20-18+,25-23+,26-24+,31-29+,32-30+/t42-,43-,46-,47?,48?,49+/m1/s1. The average molecular weight is 895 g/mol. The lowest BCUT2D eigenvalue weighted by Crippen LogP contribution is -2.60. The summed E-state index contributed by atoms with van der Waals surface area (Å²) in [5, 5.41) is 30.9. The molecule has 1 aliphatic heterocycles. The van der Waals surface area contributed by atoms with Gasteiger partial charge in [0.15, 0.2) is 12.4 Å². The largest absolute Gasteiger partial charge is 0.462 e. The summed E-state index contributed by atoms with van der Waals surface area (Å²) in [6.07, 6.45) is 39.6. The third kappa shape index (κ3) is 32.7. The van der Waals surface area contributed by atoms with Gasteiger partial charge >= 0.3 is 11.9 Å². The van der Waals surface area contributed by atoms with Gasteiger partial charge in [-0.05, 0) is 77.0 Å². The van der Waals surface area contributed by atoms with Crippen molar-refractivity contribution in [3.05, 3.63) is 72.9 Å². The van der Waals surface area contributed by atoms with E-state index >= 15 is 0 Å². The van der Waals surface area contributed by atoms with Crippen molar-refractivity contribution in [2.24, 2.45) is 0 Å². The summed E-state index contributed by atoms with van der Waals surface area (Å²) < 4.78 is 54.0. The second-order valence-corrected chi connectivity index (χ2v) is 17.6. The topological polar surface area (TPSA) is 186 Å². The molecular formula is C49H82O12S. The molecule has 0 aromatic heterocycles. The molecule has 0 saturated carbocycles. The zero-order valence-electron chi connectivity index (χ0n) is 37.9. The fourth-order valence-corrected chi connectivity index (χ4v) is 7.28. The van der Waals surface area contributed by atoms with Gasteiger partial charge in [-0.15, -0.1) is 0 Å². The summed E-state index contributed by atoms with van der Waals surface area (Å²) in [7, 11) is -4.62. The Labute approximate surface area is 374 Å². The molecule has 13 heteroatoms. The van der Waals surface area contributed by atoms with Crippen LogP contribution in [0.4, 0.5) is 0 Å². The lowest BCUT2D eigenvalue weighted by molar-refractivity contribution is -0.297. The molecule has 2 unspecified atom stereocenters. The molecule has 0 amide bonds. The minimum Gasteiger partial charge on any atom is -0.462 e. The highest BCUT2D eigenvalue weighted by atomic mass is 32.2. The molecule has 4 N–H and O–H groups in total. The number of aliphatic hydroxyl groups is 3. The van der Waals surface area contributed by atoms with Crippen LogP contribution in [0, 0.1) is 0 Å². The first-order valence-corrected chi connectivity index (χ1v) is 25.1. The zero-order chi connectivity index (χ0) is 45.5. The third-order valence-corrected chi connectivity index (χ3v) is 11.0. The molecule has 1 saturated heterocycles. The minimum absolute atomic E-state index is 0.0788. The lowest BCUT2D eigenvalue weighted by Gasteiger charge is -2.40. The van der Waals surface area contributed by atoms with E-state index in [1.165, 1.54) is 77.0 Å². The Morgan fingerprint density at radius 3 is 1.44 bits per heavy atom. The van der Waals surface area contributed by atoms with Crippen molar-refractivity contribution in [1.82, 2.24) is 0 Å². The molecule has 1 fully saturated rings. The smallest absolute Gasteiger partial charge is 0.306 e. The Hall–Kier alpha value is -2.91. The first kappa shape index (κ1) is 57.1. The van der Waals surface area contributed by atoms with Crippen LogP contribution in [0.25, 0.3) is 0 Å². The number of unbranched alkanes of at least 4 members (excludes halogenated alkanes) is 14. The van der Waals surface area contributed by atoms with Gasteiger partial charge in [0.05, 0.1) is 6.61 Å². The summed E-state index contributed by atoms with van der Waals surface area (Å²) in [5.74, 6) is -2.13. The van der Waals surface area contributed by atoms with Crippen molar-refractivity contribution in [1.29, 1.82) is 0 Å². The van der Waals surface area contributed by atoms with Gasteiger partial charge in [0, 0.05) is 12.8 Å². The molecule has 0 spiro atoms. The van der Waals surface area contributed by atoms with Crippen molar-refractivity contribution < 1.29 is 56.8 Å². The quantitative estimate of drug-likeness (QED) is 0.0199. The molecule has 1 rings (SSSR count). The van der Waals surface area contributed by atoms with Gasteiger partial charge in [-0.3, -0.25) is 14.1 Å². The van der Waals surface area contributed by atoms with Gasteiger partial charge in [-0.2, -0.15) is 8.42 Å². The second kappa shape index (κ2) is 38.5. The van der Waals surface area contributed by atoms with Crippen molar-refractivity contribution in [2.45, 2.75) is 205 Å². The summed E-state index contributed by atoms with van der Waals surface area (Å²) in [5.41, 5.74) is 0. The highest BCUT2D eigenvalue weighted by molar-refractivity contribution is 7.85. The minimum atomic E-state index is -4.62. The van der Waals surface area contributed by atoms with Crippen molar-refractivity contribution in [3.63, 3.8) is 0 Å². The van der Waals surface area contributed by atoms with Crippen LogP contribution in [0.5, 0.6) is 0 Å². The van der Waals surface area contributed by atoms with Gasteiger partial charge in [0.25, 0.3) is 10.1 Å². The van der Waals surface area contributed by atoms with Gasteiger partial charge < -0.3 is 34.3 Å². The van der Waals surface area contributed by atoms with Crippen LogP contribution < -0.4 is 0 Å². The van der Waals surface area contributed by atoms with Crippen molar-refractivity contribution in [3.8, 4) is 0 Å². The number of carbonyl (C=O) groups excluding carboxylic acids is 2. The van der Waals surface area contributed by atoms with E-state index in [4.69, 9.17) is 18.9 Å². The van der Waals surface area contributed by atoms with E-state index in [0.29, 0.717) is 25.7 Å². The van der Waals surface area contributed by atoms with Gasteiger partial charge in [-0.25, -0.2) is 0 Å². The molecule has 12 nitrogen and oxygen atoms in total. The van der Waals surface area contributed by atoms with E-state index in [0.717, 1.165) is 38.5 Å². The van der Waals surface area contributed by atoms with Crippen LogP contribution >= 0.6 is 0 Å². The predicted molar refractivity (Wildman–Crippen MR) is 247 cm³/mol. The van der Waals surface area contributed by atoms with E-state index in [-0.39, 0.29) is 19.4 Å². The van der Waals surface area contributed by atoms with Crippen LogP contribution in [-0.4, -0.2) is 96.0 Å². The number of carbonyl (C=O) groups is 2. The van der Waals surface area contributed by atoms with E-state index in [1.54, 1.807) is 0 Å². The molecule has 0 radical (unpaired) electrons. The average Bonchev–Trinajstić information content (AvgIpc) is 3.24. The SMILES string of the molecule is CCCCCCCC/C=C/C/C=C/C/C=C/CCCC(=O)OC[C@H](CO[C@H]1O[C@H](CS(=O)(=O)O)[C@@H](O)C(O)C1O)OC(=O)CCC/C=C/C/C=C/C/C=C/CCCCCCCC. The number of aliphatic hydroxyl groups excluding tert-OH is 3. The molecule has 0 aromatic rings. The number of hydrogen-bond acceptors (Lipinski definition) is 11. The maximum atomic E-state index is 12.8. The van der Waals surface area contributed by atoms with E-state index < -0.39 is 71.2 Å². The van der Waals surface area contributed by atoms with Crippen LogP contribution in [-0.2, 0) is 38.7 Å². The summed E-state index contributed by atoms with van der Waals surface area (Å²) in [6, 6.07) is 0. The molecule has 6 atom stereocenters. The second-order valence-electron chi connectivity index (χ2n) is 16.1. The van der Waals surface area contributed by atoms with E-state index in [9.17, 15) is 37.9 Å². The predicted octanol–water partition coefficient (Wildman–Crippen LogP) is 9.89. The maximum absolute atomic E-state index is 12.8. The fraction of sp³-hybridized carbons (Fsp3) is 0.714. The monoisotopic (exact) mass is 895 g/mol. The number of rotatable bonds is 38. The Morgan fingerprint density at radius 1 is 0.548 bits per heavy atom. The Bertz CT molecular complexity index is 1420. The normalized spacial score (nSPS) is 20.5. The van der Waals surface area contributed by atoms with Gasteiger partial charge in [0.2, 0.25) is 0 Å². The highest BCUT2D eigenvalue weighted by Crippen LogP contribution is 2.24.